The summed E-state index contributed by atoms with van der Waals surface area (Å²) in [4.78, 5) is 1.87. The number of rotatable bonds is 7. The molecule has 2 aliphatic heterocycles. The maximum absolute atomic E-state index is 12.3. The number of fused-ring (bicyclic) bond motifs is 1. The van der Waals surface area contributed by atoms with Gasteiger partial charge in [0, 0.05) is 13.6 Å². The first kappa shape index (κ1) is 35.3. The Morgan fingerprint density at radius 3 is 2.26 bits per heavy atom. The average molecular weight is 684 g/mol. The molecule has 1 saturated carbocycles. The molecule has 42 heavy (non-hydrogen) atoms. The molecule has 0 bridgehead atoms. The van der Waals surface area contributed by atoms with Crippen LogP contribution in [0.4, 0.5) is 5.69 Å². The van der Waals surface area contributed by atoms with Crippen LogP contribution in [0.3, 0.4) is 0 Å². The molecule has 2 unspecified atom stereocenters. The number of aliphatic hydroxyl groups is 1. The van der Waals surface area contributed by atoms with Crippen molar-refractivity contribution in [3.05, 3.63) is 53.1 Å². The number of primary sulfonamides is 1. The van der Waals surface area contributed by atoms with Crippen molar-refractivity contribution in [3.63, 3.8) is 0 Å². The van der Waals surface area contributed by atoms with Crippen LogP contribution in [0.1, 0.15) is 56.9 Å². The lowest BCUT2D eigenvalue weighted by Crippen LogP contribution is -2.47. The second-order valence-corrected chi connectivity index (χ2v) is 15.3. The molecule has 3 aliphatic rings. The number of likely N-dealkylation sites (tertiary alicyclic amines) is 1. The zero-order valence-electron chi connectivity index (χ0n) is 23.7. The minimum Gasteiger partial charge on any atom is -0.385 e. The summed E-state index contributed by atoms with van der Waals surface area (Å²) in [5.41, 5.74) is 0.701. The SMILES string of the molecule is CN1C(CCl)Nc2cc(Cl)c(S(N)(=O)=O)cc2S1(=O)=O.Cl.OC(CCN1CCCC1)(c1ccccc1)C1CCCCC1. The lowest BCUT2D eigenvalue weighted by atomic mass is 9.71. The molecule has 4 N–H and O–H groups in total. The van der Waals surface area contributed by atoms with Crippen LogP contribution >= 0.6 is 35.6 Å². The Hall–Kier alpha value is -1.15. The fourth-order valence-corrected chi connectivity index (χ4v) is 9.01. The lowest BCUT2D eigenvalue weighted by Gasteiger charge is -2.40. The van der Waals surface area contributed by atoms with Crippen LogP contribution in [-0.2, 0) is 25.6 Å². The fraction of sp³-hybridized carbons (Fsp3) is 0.571. The number of benzene rings is 2. The molecule has 0 aromatic heterocycles. The van der Waals surface area contributed by atoms with E-state index in [0.29, 0.717) is 5.92 Å². The number of nitrogens with zero attached hydrogens (tertiary/aromatic N) is 2. The van der Waals surface area contributed by atoms with Gasteiger partial charge in [0.2, 0.25) is 20.0 Å². The van der Waals surface area contributed by atoms with Gasteiger partial charge in [-0.2, -0.15) is 4.31 Å². The average Bonchev–Trinajstić information content (AvgIpc) is 3.48. The van der Waals surface area contributed by atoms with Crippen molar-refractivity contribution in [3.8, 4) is 0 Å². The highest BCUT2D eigenvalue weighted by molar-refractivity contribution is 7.90. The van der Waals surface area contributed by atoms with Gasteiger partial charge in [-0.3, -0.25) is 0 Å². The van der Waals surface area contributed by atoms with Gasteiger partial charge >= 0.3 is 0 Å². The van der Waals surface area contributed by atoms with Crippen molar-refractivity contribution in [2.45, 2.75) is 72.9 Å². The Bertz CT molecular complexity index is 1400. The Kier molecular flexibility index (Phi) is 12.4. The second kappa shape index (κ2) is 14.8. The Morgan fingerprint density at radius 1 is 1.07 bits per heavy atom. The standard InChI is InChI=1S/C19H29NO.C9H11Cl2N3O4S2.ClH/c21-19(17-9-3-1-4-10-17,18-11-5-2-6-12-18)13-16-20-14-7-8-15-20;1-14-9(4-10)13-6-2-5(11)7(19(12,15)16)3-8(6)20(14,17)18;/h1,3-4,9-10,18,21H,2,5-8,11-16H2;2-3,9,13H,4H2,1H3,(H2,12,15,16);1H. The predicted octanol–water partition coefficient (Wildman–Crippen LogP) is 4.96. The molecule has 2 fully saturated rings. The number of sulfonamides is 2. The summed E-state index contributed by atoms with van der Waals surface area (Å²) in [7, 11) is -6.66. The number of hydrogen-bond acceptors (Lipinski definition) is 7. The van der Waals surface area contributed by atoms with Crippen LogP contribution in [0.15, 0.2) is 52.3 Å². The third-order valence-corrected chi connectivity index (χ3v) is 12.0. The second-order valence-electron chi connectivity index (χ2n) is 11.1. The summed E-state index contributed by atoms with van der Waals surface area (Å²) in [5, 5.41) is 19.3. The van der Waals surface area contributed by atoms with E-state index in [4.69, 9.17) is 28.3 Å². The fourth-order valence-electron chi connectivity index (χ4n) is 6.03. The minimum atomic E-state index is -4.12. The molecule has 236 valence electrons. The van der Waals surface area contributed by atoms with E-state index in [-0.39, 0.29) is 33.9 Å². The molecule has 2 atom stereocenters. The molecular weight excluding hydrogens is 643 g/mol. The van der Waals surface area contributed by atoms with Gasteiger partial charge in [-0.15, -0.1) is 24.0 Å². The summed E-state index contributed by atoms with van der Waals surface area (Å²) in [6.45, 7) is 3.48. The molecule has 9 nitrogen and oxygen atoms in total. The van der Waals surface area contributed by atoms with Gasteiger partial charge in [0.25, 0.3) is 0 Å². The summed E-state index contributed by atoms with van der Waals surface area (Å²) in [6.07, 6.45) is 9.17. The van der Waals surface area contributed by atoms with Crippen molar-refractivity contribution in [2.24, 2.45) is 11.1 Å². The van der Waals surface area contributed by atoms with Gasteiger partial charge in [-0.1, -0.05) is 61.2 Å². The third-order valence-electron chi connectivity index (χ3n) is 8.47. The van der Waals surface area contributed by atoms with Gasteiger partial charge < -0.3 is 15.3 Å². The Labute approximate surface area is 266 Å². The van der Waals surface area contributed by atoms with Crippen molar-refractivity contribution in [1.29, 1.82) is 0 Å². The topological polar surface area (TPSA) is 133 Å². The summed E-state index contributed by atoms with van der Waals surface area (Å²) in [5.74, 6) is 0.459. The van der Waals surface area contributed by atoms with E-state index in [1.165, 1.54) is 71.1 Å². The minimum absolute atomic E-state index is 0. The number of nitrogens with two attached hydrogens (primary N) is 1. The first-order valence-electron chi connectivity index (χ1n) is 14.0. The molecule has 0 spiro atoms. The monoisotopic (exact) mass is 682 g/mol. The lowest BCUT2D eigenvalue weighted by molar-refractivity contribution is -0.0510. The van der Waals surface area contributed by atoms with E-state index in [1.807, 2.05) is 6.07 Å². The van der Waals surface area contributed by atoms with Crippen LogP contribution in [0.5, 0.6) is 0 Å². The largest absolute Gasteiger partial charge is 0.385 e. The maximum Gasteiger partial charge on any atom is 0.246 e. The third kappa shape index (κ3) is 7.92. The number of hydrogen-bond donors (Lipinski definition) is 3. The molecule has 2 aromatic rings. The number of halogens is 3. The van der Waals surface area contributed by atoms with Crippen LogP contribution < -0.4 is 10.5 Å². The van der Waals surface area contributed by atoms with E-state index in [1.54, 1.807) is 0 Å². The number of anilines is 1. The van der Waals surface area contributed by atoms with Crippen molar-refractivity contribution in [1.82, 2.24) is 9.21 Å². The van der Waals surface area contributed by atoms with E-state index in [0.717, 1.165) is 28.9 Å². The van der Waals surface area contributed by atoms with Crippen LogP contribution in [-0.4, -0.2) is 69.9 Å². The summed E-state index contributed by atoms with van der Waals surface area (Å²) < 4.78 is 48.4. The first-order valence-corrected chi connectivity index (χ1v) is 17.9. The van der Waals surface area contributed by atoms with Gasteiger partial charge in [-0.25, -0.2) is 22.0 Å². The molecule has 14 heteroatoms. The maximum atomic E-state index is 12.3. The van der Waals surface area contributed by atoms with Gasteiger partial charge in [0.05, 0.1) is 22.2 Å². The Balaban J connectivity index is 0.000000225. The van der Waals surface area contributed by atoms with Crippen LogP contribution in [0, 0.1) is 5.92 Å². The predicted molar refractivity (Wildman–Crippen MR) is 170 cm³/mol. The smallest absolute Gasteiger partial charge is 0.246 e. The molecule has 5 rings (SSSR count). The highest BCUT2D eigenvalue weighted by Crippen LogP contribution is 2.42. The van der Waals surface area contributed by atoms with Crippen molar-refractivity contribution >= 4 is 61.3 Å². The molecule has 2 aromatic carbocycles. The van der Waals surface area contributed by atoms with E-state index >= 15 is 0 Å². The van der Waals surface area contributed by atoms with E-state index in [9.17, 15) is 21.9 Å². The Morgan fingerprint density at radius 2 is 1.69 bits per heavy atom. The molecule has 1 saturated heterocycles. The van der Waals surface area contributed by atoms with Gasteiger partial charge in [-0.05, 0) is 68.8 Å². The highest BCUT2D eigenvalue weighted by Gasteiger charge is 2.39. The number of alkyl halides is 1. The normalized spacial score (nSPS) is 22.5. The molecule has 2 heterocycles. The van der Waals surface area contributed by atoms with Crippen LogP contribution in [0.25, 0.3) is 0 Å². The van der Waals surface area contributed by atoms with Crippen LogP contribution in [0.2, 0.25) is 5.02 Å². The first-order chi connectivity index (χ1) is 19.4. The van der Waals surface area contributed by atoms with Gasteiger partial charge in [0.15, 0.2) is 0 Å². The van der Waals surface area contributed by atoms with Crippen molar-refractivity contribution < 1.29 is 21.9 Å². The quantitative estimate of drug-likeness (QED) is 0.352. The number of nitrogens with one attached hydrogen (secondary N) is 1. The highest BCUT2D eigenvalue weighted by atomic mass is 35.5. The van der Waals surface area contributed by atoms with Gasteiger partial charge in [0.1, 0.15) is 16.0 Å². The van der Waals surface area contributed by atoms with E-state index < -0.39 is 36.7 Å². The van der Waals surface area contributed by atoms with E-state index in [2.05, 4.69) is 34.5 Å². The molecule has 0 radical (unpaired) electrons. The molecular formula is C28H41Cl3N4O5S2. The zero-order valence-corrected chi connectivity index (χ0v) is 27.7. The molecule has 0 amide bonds. The zero-order chi connectivity index (χ0) is 29.8. The van der Waals surface area contributed by atoms with Crippen molar-refractivity contribution in [2.75, 3.05) is 37.9 Å². The summed E-state index contributed by atoms with van der Waals surface area (Å²) >= 11 is 11.5. The molecule has 1 aliphatic carbocycles. The summed E-state index contributed by atoms with van der Waals surface area (Å²) in [6, 6.07) is 12.6.